The van der Waals surface area contributed by atoms with Gasteiger partial charge in [0, 0.05) is 0 Å². The van der Waals surface area contributed by atoms with Crippen LogP contribution in [0.4, 0.5) is 18.9 Å². The molecule has 1 N–H and O–H groups in total. The maximum Gasteiger partial charge on any atom is 0.416 e. The number of halogens is 4. The molecule has 0 spiro atoms. The number of alkyl halides is 3. The molecule has 10 heteroatoms. The lowest BCUT2D eigenvalue weighted by molar-refractivity contribution is -0.137. The molecule has 0 aromatic heterocycles. The van der Waals surface area contributed by atoms with Crippen LogP contribution in [0.25, 0.3) is 6.08 Å². The largest absolute Gasteiger partial charge is 0.493 e. The van der Waals surface area contributed by atoms with Crippen molar-refractivity contribution in [3.63, 3.8) is 0 Å². The molecule has 1 amide bonds. The molecule has 1 heterocycles. The highest BCUT2D eigenvalue weighted by Crippen LogP contribution is 2.37. The summed E-state index contributed by atoms with van der Waals surface area (Å²) in [6.07, 6.45) is -2.91. The van der Waals surface area contributed by atoms with E-state index in [-0.39, 0.29) is 15.9 Å². The summed E-state index contributed by atoms with van der Waals surface area (Å²) in [5.41, 5.74) is -0.285. The average molecular weight is 443 g/mol. The molecule has 5 nitrogen and oxygen atoms in total. The first-order valence-electron chi connectivity index (χ1n) is 8.09. The monoisotopic (exact) mass is 442 g/mol. The molecule has 0 radical (unpaired) electrons. The van der Waals surface area contributed by atoms with Crippen LogP contribution in [0, 0.1) is 0 Å². The minimum absolute atomic E-state index is 0.0395. The zero-order valence-corrected chi connectivity index (χ0v) is 16.7. The molecule has 1 fully saturated rings. The lowest BCUT2D eigenvalue weighted by Crippen LogP contribution is -2.19. The standard InChI is InChI=1S/C19H14ClF3N2O3S/c1-27-14-6-3-10(7-15(14)28-2)8-16-17(26)25-18(29-16)24-13-9-11(19(21,22)23)4-5-12(13)20/h3-9H,1-2H3,(H,24,25,26). The van der Waals surface area contributed by atoms with E-state index in [2.05, 4.69) is 10.3 Å². The number of carbonyl (C=O) groups excluding carboxylic acids is 1. The number of rotatable bonds is 4. The second-order valence-corrected chi connectivity index (χ2v) is 7.20. The van der Waals surface area contributed by atoms with Crippen molar-refractivity contribution in [3.05, 3.63) is 57.5 Å². The summed E-state index contributed by atoms with van der Waals surface area (Å²) < 4.78 is 49.1. The van der Waals surface area contributed by atoms with Gasteiger partial charge in [-0.2, -0.15) is 13.2 Å². The van der Waals surface area contributed by atoms with E-state index < -0.39 is 17.6 Å². The number of ether oxygens (including phenoxy) is 2. The highest BCUT2D eigenvalue weighted by molar-refractivity contribution is 8.18. The average Bonchev–Trinajstić information content (AvgIpc) is 3.01. The molecule has 0 saturated carbocycles. The predicted molar refractivity (Wildman–Crippen MR) is 107 cm³/mol. The Balaban J connectivity index is 1.88. The molecule has 152 valence electrons. The van der Waals surface area contributed by atoms with E-state index in [1.807, 2.05) is 0 Å². The number of methoxy groups -OCH3 is 2. The Labute approximate surface area is 173 Å². The molecule has 1 aliphatic rings. The molecule has 0 atom stereocenters. The van der Waals surface area contributed by atoms with Gasteiger partial charge in [-0.05, 0) is 53.7 Å². The van der Waals surface area contributed by atoms with Crippen molar-refractivity contribution in [1.82, 2.24) is 5.32 Å². The van der Waals surface area contributed by atoms with Crippen LogP contribution in [0.3, 0.4) is 0 Å². The zero-order chi connectivity index (χ0) is 21.2. The van der Waals surface area contributed by atoms with E-state index in [0.717, 1.165) is 30.0 Å². The van der Waals surface area contributed by atoms with Crippen LogP contribution >= 0.6 is 23.4 Å². The van der Waals surface area contributed by atoms with Gasteiger partial charge in [-0.1, -0.05) is 17.7 Å². The molecule has 2 aromatic carbocycles. The van der Waals surface area contributed by atoms with Gasteiger partial charge in [0.1, 0.15) is 0 Å². The highest BCUT2D eigenvalue weighted by atomic mass is 35.5. The van der Waals surface area contributed by atoms with Crippen LogP contribution in [0.2, 0.25) is 5.02 Å². The Bertz CT molecular complexity index is 1020. The lowest BCUT2D eigenvalue weighted by Gasteiger charge is -2.08. The van der Waals surface area contributed by atoms with Crippen molar-refractivity contribution >= 4 is 46.2 Å². The van der Waals surface area contributed by atoms with E-state index in [1.165, 1.54) is 14.2 Å². The van der Waals surface area contributed by atoms with Gasteiger partial charge in [0.15, 0.2) is 16.7 Å². The molecule has 3 rings (SSSR count). The number of amides is 1. The number of nitrogens with zero attached hydrogens (tertiary/aromatic N) is 1. The molecule has 1 aliphatic heterocycles. The molecular weight excluding hydrogens is 429 g/mol. The van der Waals surface area contributed by atoms with Gasteiger partial charge in [-0.15, -0.1) is 0 Å². The number of benzene rings is 2. The number of nitrogens with one attached hydrogen (secondary N) is 1. The number of amidine groups is 1. The molecule has 0 bridgehead atoms. The third-order valence-electron chi connectivity index (χ3n) is 3.85. The van der Waals surface area contributed by atoms with Crippen LogP contribution in [0.15, 0.2) is 46.3 Å². The van der Waals surface area contributed by atoms with Crippen LogP contribution in [0.1, 0.15) is 11.1 Å². The van der Waals surface area contributed by atoms with Gasteiger partial charge in [-0.25, -0.2) is 4.99 Å². The summed E-state index contributed by atoms with van der Waals surface area (Å²) in [5, 5.41) is 2.69. The quantitative estimate of drug-likeness (QED) is 0.655. The van der Waals surface area contributed by atoms with Crippen molar-refractivity contribution in [3.8, 4) is 11.5 Å². The Morgan fingerprint density at radius 2 is 1.83 bits per heavy atom. The maximum atomic E-state index is 12.9. The Kier molecular flexibility index (Phi) is 6.09. The summed E-state index contributed by atoms with van der Waals surface area (Å²) in [6.45, 7) is 0. The minimum Gasteiger partial charge on any atom is -0.493 e. The van der Waals surface area contributed by atoms with Crippen LogP contribution < -0.4 is 14.8 Å². The number of thioether (sulfide) groups is 1. The predicted octanol–water partition coefficient (Wildman–Crippen LogP) is 5.27. The summed E-state index contributed by atoms with van der Waals surface area (Å²) in [7, 11) is 3.01. The van der Waals surface area contributed by atoms with Crippen molar-refractivity contribution in [2.75, 3.05) is 14.2 Å². The van der Waals surface area contributed by atoms with Gasteiger partial charge in [-0.3, -0.25) is 4.79 Å². The zero-order valence-electron chi connectivity index (χ0n) is 15.1. The SMILES string of the molecule is COc1ccc(C=C2SC(=Nc3cc(C(F)(F)F)ccc3Cl)NC2=O)cc1OC. The van der Waals surface area contributed by atoms with Gasteiger partial charge in [0.2, 0.25) is 0 Å². The molecular formula is C19H14ClF3N2O3S. The Morgan fingerprint density at radius 3 is 2.48 bits per heavy atom. The topological polar surface area (TPSA) is 59.9 Å². The fraction of sp³-hybridized carbons (Fsp3) is 0.158. The first kappa shape index (κ1) is 21.1. The van der Waals surface area contributed by atoms with Gasteiger partial charge >= 0.3 is 6.18 Å². The van der Waals surface area contributed by atoms with Crippen molar-refractivity contribution < 1.29 is 27.4 Å². The van der Waals surface area contributed by atoms with E-state index in [4.69, 9.17) is 21.1 Å². The van der Waals surface area contributed by atoms with Crippen molar-refractivity contribution in [1.29, 1.82) is 0 Å². The first-order valence-corrected chi connectivity index (χ1v) is 9.29. The van der Waals surface area contributed by atoms with Gasteiger partial charge < -0.3 is 14.8 Å². The van der Waals surface area contributed by atoms with Crippen molar-refractivity contribution in [2.45, 2.75) is 6.18 Å². The normalized spacial score (nSPS) is 17.0. The molecule has 0 unspecified atom stereocenters. The fourth-order valence-corrected chi connectivity index (χ4v) is 3.45. The third-order valence-corrected chi connectivity index (χ3v) is 5.08. The van der Waals surface area contributed by atoms with Crippen LogP contribution in [0.5, 0.6) is 11.5 Å². The smallest absolute Gasteiger partial charge is 0.416 e. The van der Waals surface area contributed by atoms with Gasteiger partial charge in [0.05, 0.1) is 35.4 Å². The summed E-state index contributed by atoms with van der Waals surface area (Å²) in [5.74, 6) is 0.612. The van der Waals surface area contributed by atoms with Crippen molar-refractivity contribution in [2.24, 2.45) is 4.99 Å². The van der Waals surface area contributed by atoms with E-state index in [1.54, 1.807) is 24.3 Å². The van der Waals surface area contributed by atoms with E-state index in [9.17, 15) is 18.0 Å². The van der Waals surface area contributed by atoms with Crippen LogP contribution in [-0.2, 0) is 11.0 Å². The number of hydrogen-bond donors (Lipinski definition) is 1. The molecule has 2 aromatic rings. The number of hydrogen-bond acceptors (Lipinski definition) is 5. The third kappa shape index (κ3) is 4.86. The summed E-state index contributed by atoms with van der Waals surface area (Å²) in [6, 6.07) is 7.94. The van der Waals surface area contributed by atoms with Gasteiger partial charge in [0.25, 0.3) is 5.91 Å². The summed E-state index contributed by atoms with van der Waals surface area (Å²) >= 11 is 6.94. The second-order valence-electron chi connectivity index (χ2n) is 5.76. The fourth-order valence-electron chi connectivity index (χ4n) is 2.46. The maximum absolute atomic E-state index is 12.9. The first-order chi connectivity index (χ1) is 13.7. The Hall–Kier alpha value is -2.65. The minimum atomic E-state index is -4.52. The lowest BCUT2D eigenvalue weighted by atomic mass is 10.2. The molecule has 29 heavy (non-hydrogen) atoms. The molecule has 1 saturated heterocycles. The second kappa shape index (κ2) is 8.38. The van der Waals surface area contributed by atoms with E-state index in [0.29, 0.717) is 22.0 Å². The van der Waals surface area contributed by atoms with E-state index >= 15 is 0 Å². The highest BCUT2D eigenvalue weighted by Gasteiger charge is 2.31. The Morgan fingerprint density at radius 1 is 1.10 bits per heavy atom. The van der Waals surface area contributed by atoms with Crippen LogP contribution in [-0.4, -0.2) is 25.3 Å². The number of aliphatic imine (C=N–C) groups is 1. The molecule has 0 aliphatic carbocycles. The summed E-state index contributed by atoms with van der Waals surface area (Å²) in [4.78, 5) is 16.6. The number of carbonyl (C=O) groups is 1.